The maximum Gasteiger partial charge on any atom is 0.231 e. The molecule has 0 unspecified atom stereocenters. The lowest BCUT2D eigenvalue weighted by molar-refractivity contribution is -0.133. The predicted molar refractivity (Wildman–Crippen MR) is 124 cm³/mol. The standard InChI is InChI=1S/C25H26N6O2/c1-30-14-18-15-31(23(32)10-9-17-12-27-22-8-3-2-7-20(17)22)16-21(24(18)29-30)25(33)28-13-19-6-4-5-11-26-19/h2-8,11-12,14,21,27H,9-10,13,15-16H2,1H3,(H,28,33)/t21-/m1/s1. The van der Waals surface area contributed by atoms with Crippen LogP contribution in [0.3, 0.4) is 0 Å². The molecule has 0 spiro atoms. The molecule has 0 saturated carbocycles. The van der Waals surface area contributed by atoms with Gasteiger partial charge in [-0.3, -0.25) is 19.3 Å². The summed E-state index contributed by atoms with van der Waals surface area (Å²) in [6.07, 6.45) is 6.61. The van der Waals surface area contributed by atoms with E-state index < -0.39 is 5.92 Å². The van der Waals surface area contributed by atoms with Gasteiger partial charge in [0.15, 0.2) is 0 Å². The van der Waals surface area contributed by atoms with E-state index in [4.69, 9.17) is 0 Å². The van der Waals surface area contributed by atoms with E-state index in [-0.39, 0.29) is 11.8 Å². The molecule has 0 radical (unpaired) electrons. The Balaban J connectivity index is 1.28. The number of benzene rings is 1. The number of aryl methyl sites for hydroxylation is 2. The van der Waals surface area contributed by atoms with Crippen LogP contribution in [0.4, 0.5) is 0 Å². The molecule has 8 nitrogen and oxygen atoms in total. The van der Waals surface area contributed by atoms with E-state index in [9.17, 15) is 9.59 Å². The third-order valence-electron chi connectivity index (χ3n) is 6.15. The normalized spacial score (nSPS) is 15.4. The molecule has 4 aromatic rings. The molecule has 1 atom stereocenters. The zero-order chi connectivity index (χ0) is 22.8. The molecule has 0 fully saturated rings. The smallest absolute Gasteiger partial charge is 0.231 e. The number of nitrogens with zero attached hydrogens (tertiary/aromatic N) is 4. The van der Waals surface area contributed by atoms with Gasteiger partial charge in [-0.15, -0.1) is 0 Å². The SMILES string of the molecule is Cn1cc2c(n1)[C@H](C(=O)NCc1ccccn1)CN(C(=O)CCc1c[nH]c3ccccc13)C2. The minimum absolute atomic E-state index is 0.0392. The highest BCUT2D eigenvalue weighted by Gasteiger charge is 2.35. The number of hydrogen-bond acceptors (Lipinski definition) is 4. The lowest BCUT2D eigenvalue weighted by Gasteiger charge is -2.31. The number of carbonyl (C=O) groups excluding carboxylic acids is 2. The van der Waals surface area contributed by atoms with Gasteiger partial charge in [0.2, 0.25) is 11.8 Å². The highest BCUT2D eigenvalue weighted by molar-refractivity contribution is 5.86. The number of nitrogens with one attached hydrogen (secondary N) is 2. The first-order valence-electron chi connectivity index (χ1n) is 11.1. The second-order valence-corrected chi connectivity index (χ2v) is 8.44. The quantitative estimate of drug-likeness (QED) is 0.480. The second kappa shape index (κ2) is 8.90. The number of fused-ring (bicyclic) bond motifs is 2. The summed E-state index contributed by atoms with van der Waals surface area (Å²) in [5.74, 6) is -0.609. The molecule has 33 heavy (non-hydrogen) atoms. The van der Waals surface area contributed by atoms with Gasteiger partial charge in [0.25, 0.3) is 0 Å². The fourth-order valence-corrected chi connectivity index (χ4v) is 4.49. The Labute approximate surface area is 191 Å². The maximum atomic E-state index is 13.1. The molecule has 0 saturated heterocycles. The molecular formula is C25H26N6O2. The summed E-state index contributed by atoms with van der Waals surface area (Å²) >= 11 is 0. The number of para-hydroxylation sites is 1. The van der Waals surface area contributed by atoms with Crippen LogP contribution in [0.5, 0.6) is 0 Å². The Hall–Kier alpha value is -3.94. The van der Waals surface area contributed by atoms with Crippen molar-refractivity contribution in [3.8, 4) is 0 Å². The zero-order valence-corrected chi connectivity index (χ0v) is 18.5. The highest BCUT2D eigenvalue weighted by atomic mass is 16.2. The van der Waals surface area contributed by atoms with Crippen LogP contribution in [-0.4, -0.2) is 43.0 Å². The monoisotopic (exact) mass is 442 g/mol. The Morgan fingerprint density at radius 1 is 1.18 bits per heavy atom. The fraction of sp³-hybridized carbons (Fsp3) is 0.280. The van der Waals surface area contributed by atoms with E-state index in [1.54, 1.807) is 15.8 Å². The number of carbonyl (C=O) groups is 2. The Kier molecular flexibility index (Phi) is 5.64. The molecule has 8 heteroatoms. The maximum absolute atomic E-state index is 13.1. The minimum atomic E-state index is -0.504. The number of pyridine rings is 1. The van der Waals surface area contributed by atoms with E-state index in [1.807, 2.05) is 55.8 Å². The van der Waals surface area contributed by atoms with Crippen LogP contribution in [-0.2, 0) is 36.1 Å². The Bertz CT molecular complexity index is 1290. The molecule has 1 aliphatic rings. The number of rotatable bonds is 6. The number of amides is 2. The molecule has 0 aliphatic carbocycles. The van der Waals surface area contributed by atoms with Crippen LogP contribution in [0.15, 0.2) is 61.1 Å². The van der Waals surface area contributed by atoms with Crippen molar-refractivity contribution < 1.29 is 9.59 Å². The van der Waals surface area contributed by atoms with Crippen molar-refractivity contribution in [2.24, 2.45) is 7.05 Å². The van der Waals surface area contributed by atoms with Crippen LogP contribution in [0.25, 0.3) is 10.9 Å². The Morgan fingerprint density at radius 3 is 2.88 bits per heavy atom. The van der Waals surface area contributed by atoms with Crippen LogP contribution in [0.2, 0.25) is 0 Å². The van der Waals surface area contributed by atoms with Gasteiger partial charge in [-0.1, -0.05) is 24.3 Å². The molecule has 3 aromatic heterocycles. The van der Waals surface area contributed by atoms with Crippen molar-refractivity contribution in [2.75, 3.05) is 6.54 Å². The van der Waals surface area contributed by atoms with Gasteiger partial charge in [-0.25, -0.2) is 0 Å². The van der Waals surface area contributed by atoms with Crippen molar-refractivity contribution in [1.29, 1.82) is 0 Å². The first-order chi connectivity index (χ1) is 16.1. The van der Waals surface area contributed by atoms with E-state index in [0.29, 0.717) is 32.5 Å². The van der Waals surface area contributed by atoms with Crippen molar-refractivity contribution in [2.45, 2.75) is 31.8 Å². The first-order valence-corrected chi connectivity index (χ1v) is 11.1. The summed E-state index contributed by atoms with van der Waals surface area (Å²) < 4.78 is 1.71. The van der Waals surface area contributed by atoms with Gasteiger partial charge < -0.3 is 15.2 Å². The lowest BCUT2D eigenvalue weighted by atomic mass is 9.95. The number of H-pyrrole nitrogens is 1. The zero-order valence-electron chi connectivity index (χ0n) is 18.5. The lowest BCUT2D eigenvalue weighted by Crippen LogP contribution is -2.43. The van der Waals surface area contributed by atoms with Crippen molar-refractivity contribution >= 4 is 22.7 Å². The van der Waals surface area contributed by atoms with E-state index >= 15 is 0 Å². The molecule has 0 bridgehead atoms. The molecule has 168 valence electrons. The van der Waals surface area contributed by atoms with E-state index in [1.165, 1.54) is 0 Å². The molecule has 2 N–H and O–H groups in total. The van der Waals surface area contributed by atoms with Crippen LogP contribution in [0.1, 0.15) is 34.9 Å². The van der Waals surface area contributed by atoms with Gasteiger partial charge in [0.1, 0.15) is 0 Å². The summed E-state index contributed by atoms with van der Waals surface area (Å²) in [7, 11) is 1.84. The number of aromatic nitrogens is 4. The molecular weight excluding hydrogens is 416 g/mol. The fourth-order valence-electron chi connectivity index (χ4n) is 4.49. The second-order valence-electron chi connectivity index (χ2n) is 8.44. The molecule has 2 amide bonds. The third kappa shape index (κ3) is 4.37. The van der Waals surface area contributed by atoms with Crippen LogP contribution in [0, 0.1) is 0 Å². The number of aromatic amines is 1. The van der Waals surface area contributed by atoms with Gasteiger partial charge in [-0.05, 0) is 30.2 Å². The van der Waals surface area contributed by atoms with Gasteiger partial charge in [-0.2, -0.15) is 5.10 Å². The molecule has 5 rings (SSSR count). The Morgan fingerprint density at radius 2 is 2.03 bits per heavy atom. The molecule has 1 aromatic carbocycles. The molecule has 1 aliphatic heterocycles. The highest BCUT2D eigenvalue weighted by Crippen LogP contribution is 2.28. The van der Waals surface area contributed by atoms with E-state index in [0.717, 1.165) is 33.4 Å². The summed E-state index contributed by atoms with van der Waals surface area (Å²) in [5, 5.41) is 8.63. The number of hydrogen-bond donors (Lipinski definition) is 2. The van der Waals surface area contributed by atoms with Crippen molar-refractivity contribution in [3.63, 3.8) is 0 Å². The predicted octanol–water partition coefficient (Wildman–Crippen LogP) is 2.67. The van der Waals surface area contributed by atoms with Gasteiger partial charge in [0, 0.05) is 61.6 Å². The van der Waals surface area contributed by atoms with Gasteiger partial charge >= 0.3 is 0 Å². The summed E-state index contributed by atoms with van der Waals surface area (Å²) in [5.41, 5.74) is 4.65. The third-order valence-corrected chi connectivity index (χ3v) is 6.15. The van der Waals surface area contributed by atoms with Crippen LogP contribution >= 0.6 is 0 Å². The first kappa shape index (κ1) is 20.9. The summed E-state index contributed by atoms with van der Waals surface area (Å²) in [6.45, 7) is 1.14. The summed E-state index contributed by atoms with van der Waals surface area (Å²) in [6, 6.07) is 13.7. The largest absolute Gasteiger partial charge is 0.361 e. The van der Waals surface area contributed by atoms with E-state index in [2.05, 4.69) is 26.4 Å². The van der Waals surface area contributed by atoms with Crippen molar-refractivity contribution in [3.05, 3.63) is 83.6 Å². The minimum Gasteiger partial charge on any atom is -0.361 e. The summed E-state index contributed by atoms with van der Waals surface area (Å²) in [4.78, 5) is 35.5. The average Bonchev–Trinajstić information content (AvgIpc) is 3.43. The topological polar surface area (TPSA) is 95.9 Å². The van der Waals surface area contributed by atoms with Crippen LogP contribution < -0.4 is 5.32 Å². The average molecular weight is 443 g/mol. The van der Waals surface area contributed by atoms with Gasteiger partial charge in [0.05, 0.1) is 23.9 Å². The molecule has 4 heterocycles. The van der Waals surface area contributed by atoms with Crippen molar-refractivity contribution in [1.82, 2.24) is 30.0 Å².